The number of amides is 1. The van der Waals surface area contributed by atoms with Gasteiger partial charge in [0.15, 0.2) is 0 Å². The van der Waals surface area contributed by atoms with E-state index in [-0.39, 0.29) is 18.6 Å². The Morgan fingerprint density at radius 2 is 2.06 bits per heavy atom. The van der Waals surface area contributed by atoms with E-state index in [0.717, 1.165) is 6.42 Å². The summed E-state index contributed by atoms with van der Waals surface area (Å²) < 4.78 is 5.17. The van der Waals surface area contributed by atoms with Gasteiger partial charge in [0.1, 0.15) is 5.60 Å². The molecule has 0 aromatic carbocycles. The van der Waals surface area contributed by atoms with Crippen molar-refractivity contribution in [1.82, 2.24) is 5.32 Å². The number of rotatable bonds is 6. The van der Waals surface area contributed by atoms with Gasteiger partial charge in [0.2, 0.25) is 0 Å². The van der Waals surface area contributed by atoms with Crippen molar-refractivity contribution in [1.29, 1.82) is 0 Å². The number of nitrogens with two attached hydrogens (primary N) is 1. The van der Waals surface area contributed by atoms with Crippen LogP contribution < -0.4 is 11.1 Å². The number of aliphatic hydroxyl groups is 1. The minimum atomic E-state index is -0.493. The van der Waals surface area contributed by atoms with Crippen molar-refractivity contribution in [3.63, 3.8) is 0 Å². The van der Waals surface area contributed by atoms with Crippen molar-refractivity contribution in [2.75, 3.05) is 13.2 Å². The number of alkyl carbamates (subject to hydrolysis) is 1. The van der Waals surface area contributed by atoms with Crippen molar-refractivity contribution in [3.8, 4) is 0 Å². The van der Waals surface area contributed by atoms with E-state index >= 15 is 0 Å². The maximum atomic E-state index is 11.5. The molecule has 0 aliphatic rings. The molecule has 102 valence electrons. The maximum absolute atomic E-state index is 11.5. The van der Waals surface area contributed by atoms with E-state index in [4.69, 9.17) is 15.6 Å². The molecule has 0 bridgehead atoms. The van der Waals surface area contributed by atoms with Gasteiger partial charge in [-0.1, -0.05) is 0 Å². The van der Waals surface area contributed by atoms with Crippen LogP contribution in [0.5, 0.6) is 0 Å². The number of carbonyl (C=O) groups excluding carboxylic acids is 1. The number of hydrogen-bond donors (Lipinski definition) is 3. The standard InChI is InChI=1S/C12H26N2O3/c1-9(10(8-13)6-5-7-15)14-11(16)17-12(2,3)4/h9-10,15H,5-8,13H2,1-4H3,(H,14,16)/t9-,10?/m0/s1. The van der Waals surface area contributed by atoms with Gasteiger partial charge in [0.05, 0.1) is 0 Å². The molecule has 0 fully saturated rings. The number of ether oxygens (including phenoxy) is 1. The number of nitrogens with one attached hydrogen (secondary N) is 1. The van der Waals surface area contributed by atoms with Gasteiger partial charge in [-0.2, -0.15) is 0 Å². The average Bonchev–Trinajstić information content (AvgIpc) is 2.15. The molecule has 0 saturated heterocycles. The summed E-state index contributed by atoms with van der Waals surface area (Å²) in [6.45, 7) is 8.00. The van der Waals surface area contributed by atoms with Crippen LogP contribution in [0, 0.1) is 5.92 Å². The van der Waals surface area contributed by atoms with E-state index in [0.29, 0.717) is 13.0 Å². The van der Waals surface area contributed by atoms with E-state index < -0.39 is 11.7 Å². The monoisotopic (exact) mass is 246 g/mol. The number of carbonyl (C=O) groups is 1. The van der Waals surface area contributed by atoms with Gasteiger partial charge in [-0.15, -0.1) is 0 Å². The highest BCUT2D eigenvalue weighted by atomic mass is 16.6. The van der Waals surface area contributed by atoms with Crippen molar-refractivity contribution in [2.24, 2.45) is 11.7 Å². The minimum Gasteiger partial charge on any atom is -0.444 e. The van der Waals surface area contributed by atoms with E-state index in [9.17, 15) is 4.79 Å². The molecule has 0 aliphatic heterocycles. The quantitative estimate of drug-likeness (QED) is 0.658. The Morgan fingerprint density at radius 3 is 2.47 bits per heavy atom. The summed E-state index contributed by atoms with van der Waals surface area (Å²) >= 11 is 0. The SMILES string of the molecule is C[C@H](NC(=O)OC(C)(C)C)C(CN)CCCO. The number of hydrogen-bond acceptors (Lipinski definition) is 4. The second-order valence-corrected chi connectivity index (χ2v) is 5.30. The molecule has 0 aromatic heterocycles. The normalized spacial score (nSPS) is 15.2. The Hall–Kier alpha value is -0.810. The Kier molecular flexibility index (Phi) is 7.15. The van der Waals surface area contributed by atoms with Crippen molar-refractivity contribution in [2.45, 2.75) is 52.2 Å². The van der Waals surface area contributed by atoms with Gasteiger partial charge in [-0.3, -0.25) is 0 Å². The molecule has 0 heterocycles. The van der Waals surface area contributed by atoms with E-state index in [2.05, 4.69) is 5.32 Å². The van der Waals surface area contributed by atoms with Crippen LogP contribution in [-0.4, -0.2) is 36.0 Å². The largest absolute Gasteiger partial charge is 0.444 e. The van der Waals surface area contributed by atoms with E-state index in [1.165, 1.54) is 0 Å². The van der Waals surface area contributed by atoms with Crippen LogP contribution in [-0.2, 0) is 4.74 Å². The lowest BCUT2D eigenvalue weighted by Crippen LogP contribution is -2.43. The molecule has 5 nitrogen and oxygen atoms in total. The summed E-state index contributed by atoms with van der Waals surface area (Å²) in [5, 5.41) is 11.5. The molecule has 17 heavy (non-hydrogen) atoms. The fraction of sp³-hybridized carbons (Fsp3) is 0.917. The summed E-state index contributed by atoms with van der Waals surface area (Å²) in [4.78, 5) is 11.5. The Bertz CT molecular complexity index is 226. The average molecular weight is 246 g/mol. The van der Waals surface area contributed by atoms with Crippen LogP contribution >= 0.6 is 0 Å². The molecule has 4 N–H and O–H groups in total. The first kappa shape index (κ1) is 16.2. The Labute approximate surface area is 104 Å². The van der Waals surface area contributed by atoms with Crippen molar-refractivity contribution >= 4 is 6.09 Å². The van der Waals surface area contributed by atoms with Crippen LogP contribution in [0.3, 0.4) is 0 Å². The molecule has 0 aromatic rings. The van der Waals surface area contributed by atoms with Crippen LogP contribution in [0.2, 0.25) is 0 Å². The minimum absolute atomic E-state index is 0.0543. The first-order valence-electron chi connectivity index (χ1n) is 6.10. The van der Waals surface area contributed by atoms with Crippen LogP contribution in [0.15, 0.2) is 0 Å². The van der Waals surface area contributed by atoms with Crippen LogP contribution in [0.25, 0.3) is 0 Å². The van der Waals surface area contributed by atoms with Crippen molar-refractivity contribution in [3.05, 3.63) is 0 Å². The third-order valence-corrected chi connectivity index (χ3v) is 2.49. The smallest absolute Gasteiger partial charge is 0.407 e. The molecule has 0 saturated carbocycles. The van der Waals surface area contributed by atoms with E-state index in [1.54, 1.807) is 0 Å². The summed E-state index contributed by atoms with van der Waals surface area (Å²) in [6, 6.07) is -0.0543. The highest BCUT2D eigenvalue weighted by Crippen LogP contribution is 2.12. The molecule has 0 radical (unpaired) electrons. The molecular formula is C12H26N2O3. The number of aliphatic hydroxyl groups excluding tert-OH is 1. The first-order chi connectivity index (χ1) is 7.80. The summed E-state index contributed by atoms with van der Waals surface area (Å²) in [5.74, 6) is 0.162. The highest BCUT2D eigenvalue weighted by Gasteiger charge is 2.21. The fourth-order valence-electron chi connectivity index (χ4n) is 1.54. The predicted octanol–water partition coefficient (Wildman–Crippen LogP) is 1.25. The van der Waals surface area contributed by atoms with Gasteiger partial charge in [-0.05, 0) is 53.0 Å². The Morgan fingerprint density at radius 1 is 1.47 bits per heavy atom. The molecule has 0 aliphatic carbocycles. The van der Waals surface area contributed by atoms with Gasteiger partial charge >= 0.3 is 6.09 Å². The third kappa shape index (κ3) is 7.99. The van der Waals surface area contributed by atoms with Crippen LogP contribution in [0.1, 0.15) is 40.5 Å². The molecule has 2 atom stereocenters. The van der Waals surface area contributed by atoms with Gasteiger partial charge in [0, 0.05) is 12.6 Å². The van der Waals surface area contributed by atoms with Crippen molar-refractivity contribution < 1.29 is 14.6 Å². The van der Waals surface area contributed by atoms with Crippen LogP contribution in [0.4, 0.5) is 4.79 Å². The molecule has 1 amide bonds. The second kappa shape index (κ2) is 7.50. The summed E-state index contributed by atoms with van der Waals surface area (Å²) in [7, 11) is 0. The van der Waals surface area contributed by atoms with Gasteiger partial charge < -0.3 is 20.9 Å². The summed E-state index contributed by atoms with van der Waals surface area (Å²) in [5.41, 5.74) is 5.15. The topological polar surface area (TPSA) is 84.6 Å². The highest BCUT2D eigenvalue weighted by molar-refractivity contribution is 5.68. The molecule has 5 heteroatoms. The molecular weight excluding hydrogens is 220 g/mol. The zero-order valence-electron chi connectivity index (χ0n) is 11.3. The lowest BCUT2D eigenvalue weighted by molar-refractivity contribution is 0.0490. The lowest BCUT2D eigenvalue weighted by atomic mass is 9.96. The van der Waals surface area contributed by atoms with Gasteiger partial charge in [0.25, 0.3) is 0 Å². The second-order valence-electron chi connectivity index (χ2n) is 5.30. The maximum Gasteiger partial charge on any atom is 0.407 e. The first-order valence-corrected chi connectivity index (χ1v) is 6.10. The summed E-state index contributed by atoms with van der Waals surface area (Å²) in [6.07, 6.45) is 1.07. The predicted molar refractivity (Wildman–Crippen MR) is 67.7 cm³/mol. The molecule has 1 unspecified atom stereocenters. The third-order valence-electron chi connectivity index (χ3n) is 2.49. The Balaban J connectivity index is 4.12. The molecule has 0 spiro atoms. The fourth-order valence-corrected chi connectivity index (χ4v) is 1.54. The lowest BCUT2D eigenvalue weighted by Gasteiger charge is -2.26. The zero-order chi connectivity index (χ0) is 13.5. The van der Waals surface area contributed by atoms with E-state index in [1.807, 2.05) is 27.7 Å². The van der Waals surface area contributed by atoms with Gasteiger partial charge in [-0.25, -0.2) is 4.79 Å². The molecule has 0 rings (SSSR count). The zero-order valence-corrected chi connectivity index (χ0v) is 11.3.